The molecule has 1 rings (SSSR count). The Balaban J connectivity index is 2.24. The van der Waals surface area contributed by atoms with Crippen LogP contribution >= 0.6 is 0 Å². The largest absolute Gasteiger partial charge is 0.100 e. The lowest BCUT2D eigenvalue weighted by Gasteiger charge is -2.14. The van der Waals surface area contributed by atoms with Crippen molar-refractivity contribution in [1.29, 1.82) is 0 Å². The molecule has 0 saturated carbocycles. The molecule has 0 aromatic heterocycles. The zero-order chi connectivity index (χ0) is 21.8. The first kappa shape index (κ1) is 25.5. The topological polar surface area (TPSA) is 0 Å². The van der Waals surface area contributed by atoms with Crippen molar-refractivity contribution in [2.24, 2.45) is 5.92 Å². The smallest absolute Gasteiger partial charge is 0.0158 e. The molecule has 0 bridgehead atoms. The number of hydrogen-bond donors (Lipinski definition) is 0. The number of hydrogen-bond acceptors (Lipinski definition) is 0. The third kappa shape index (κ3) is 8.77. The summed E-state index contributed by atoms with van der Waals surface area (Å²) >= 11 is 0. The minimum absolute atomic E-state index is 0.871. The Bertz CT molecular complexity index is 749. The van der Waals surface area contributed by atoms with Crippen LogP contribution in [-0.4, -0.2) is 0 Å². The Morgan fingerprint density at radius 3 is 1.97 bits per heavy atom. The summed E-state index contributed by atoms with van der Waals surface area (Å²) in [4.78, 5) is 0. The first-order chi connectivity index (χ1) is 13.8. The molecule has 1 unspecified atom stereocenters. The molecule has 0 fully saturated rings. The zero-order valence-corrected chi connectivity index (χ0v) is 20.0. The van der Waals surface area contributed by atoms with Crippen LogP contribution in [0.4, 0.5) is 0 Å². The molecule has 0 saturated heterocycles. The van der Waals surface area contributed by atoms with Gasteiger partial charge in [-0.25, -0.2) is 0 Å². The van der Waals surface area contributed by atoms with Crippen molar-refractivity contribution in [3.63, 3.8) is 0 Å². The van der Waals surface area contributed by atoms with E-state index in [2.05, 4.69) is 54.0 Å². The highest BCUT2D eigenvalue weighted by molar-refractivity contribution is 5.57. The van der Waals surface area contributed by atoms with Crippen LogP contribution in [0.5, 0.6) is 0 Å². The van der Waals surface area contributed by atoms with Gasteiger partial charge in [0.05, 0.1) is 0 Å². The summed E-state index contributed by atoms with van der Waals surface area (Å²) in [5, 5.41) is 2.33. The highest BCUT2D eigenvalue weighted by atomic mass is 14.1. The minimum atomic E-state index is 0.871. The Hall–Kier alpha value is -1.56. The van der Waals surface area contributed by atoms with Gasteiger partial charge in [0, 0.05) is 0 Å². The molecule has 162 valence electrons. The van der Waals surface area contributed by atoms with E-state index in [1.165, 1.54) is 104 Å². The fraction of sp³-hybridized carbons (Fsp3) is 0.586. The Kier molecular flexibility index (Phi) is 12.0. The van der Waals surface area contributed by atoms with Crippen molar-refractivity contribution in [1.82, 2.24) is 0 Å². The highest BCUT2D eigenvalue weighted by Gasteiger charge is 2.08. The van der Waals surface area contributed by atoms with E-state index < -0.39 is 0 Å². The molecule has 0 aliphatic heterocycles. The molecular formula is C29H46. The average molecular weight is 395 g/mol. The maximum atomic E-state index is 4.35. The van der Waals surface area contributed by atoms with Gasteiger partial charge in [0.2, 0.25) is 0 Å². The maximum absolute atomic E-state index is 4.35. The Morgan fingerprint density at radius 2 is 1.38 bits per heavy atom. The second-order valence-corrected chi connectivity index (χ2v) is 9.27. The highest BCUT2D eigenvalue weighted by Crippen LogP contribution is 2.19. The third-order valence-electron chi connectivity index (χ3n) is 6.58. The van der Waals surface area contributed by atoms with E-state index in [0.29, 0.717) is 0 Å². The zero-order valence-electron chi connectivity index (χ0n) is 20.0. The lowest BCUT2D eigenvalue weighted by atomic mass is 9.91. The van der Waals surface area contributed by atoms with Crippen molar-refractivity contribution in [3.8, 4) is 0 Å². The van der Waals surface area contributed by atoms with E-state index in [1.54, 1.807) is 0 Å². The van der Waals surface area contributed by atoms with Crippen molar-refractivity contribution in [2.45, 2.75) is 105 Å². The van der Waals surface area contributed by atoms with Gasteiger partial charge in [-0.3, -0.25) is 0 Å². The van der Waals surface area contributed by atoms with E-state index in [9.17, 15) is 0 Å². The molecule has 0 aliphatic rings. The van der Waals surface area contributed by atoms with Crippen molar-refractivity contribution in [2.75, 3.05) is 0 Å². The van der Waals surface area contributed by atoms with Crippen LogP contribution in [0.2, 0.25) is 0 Å². The molecule has 0 heteroatoms. The molecule has 1 atom stereocenters. The summed E-state index contributed by atoms with van der Waals surface area (Å²) in [6, 6.07) is 0. The molecular weight excluding hydrogens is 348 g/mol. The number of rotatable bonds is 15. The first-order valence-electron chi connectivity index (χ1n) is 11.9. The summed E-state index contributed by atoms with van der Waals surface area (Å²) in [6.07, 6.45) is 17.9. The van der Waals surface area contributed by atoms with E-state index in [1.807, 2.05) is 6.08 Å². The molecule has 0 aliphatic carbocycles. The molecule has 1 aromatic carbocycles. The van der Waals surface area contributed by atoms with Crippen molar-refractivity contribution in [3.05, 3.63) is 51.4 Å². The molecule has 0 nitrogen and oxygen atoms in total. The van der Waals surface area contributed by atoms with Gasteiger partial charge in [0.1, 0.15) is 0 Å². The number of unbranched alkanes of at least 4 members (excludes halogenated alkanes) is 6. The number of allylic oxidation sites excluding steroid dienone is 1. The van der Waals surface area contributed by atoms with E-state index in [4.69, 9.17) is 0 Å². The van der Waals surface area contributed by atoms with Gasteiger partial charge in [-0.05, 0) is 85.1 Å². The molecule has 29 heavy (non-hydrogen) atoms. The molecule has 0 radical (unpaired) electrons. The second kappa shape index (κ2) is 13.6. The summed E-state index contributed by atoms with van der Waals surface area (Å²) in [5.74, 6) is 0.871. The summed E-state index contributed by atoms with van der Waals surface area (Å²) in [5.41, 5.74) is 6.47. The fourth-order valence-corrected chi connectivity index (χ4v) is 4.41. The number of benzene rings is 1. The van der Waals surface area contributed by atoms with Crippen LogP contribution in [0.1, 0.15) is 107 Å². The fourth-order valence-electron chi connectivity index (χ4n) is 4.41. The van der Waals surface area contributed by atoms with Gasteiger partial charge in [0.25, 0.3) is 0 Å². The van der Waals surface area contributed by atoms with Crippen LogP contribution in [-0.2, 0) is 6.42 Å². The van der Waals surface area contributed by atoms with E-state index >= 15 is 0 Å². The van der Waals surface area contributed by atoms with Crippen LogP contribution in [0.25, 0.3) is 19.2 Å². The molecule has 0 N–H and O–H groups in total. The van der Waals surface area contributed by atoms with E-state index in [-0.39, 0.29) is 0 Å². The maximum Gasteiger partial charge on any atom is -0.0158 e. The minimum Gasteiger partial charge on any atom is -0.100 e. The molecule has 1 aromatic rings. The Labute approximate surface area is 181 Å². The average Bonchev–Trinajstić information content (AvgIpc) is 2.68. The van der Waals surface area contributed by atoms with Gasteiger partial charge in [0.15, 0.2) is 0 Å². The molecule has 0 amide bonds. The first-order valence-corrected chi connectivity index (χ1v) is 11.9. The monoisotopic (exact) mass is 394 g/mol. The second-order valence-electron chi connectivity index (χ2n) is 9.27. The van der Waals surface area contributed by atoms with Crippen molar-refractivity contribution < 1.29 is 0 Å². The van der Waals surface area contributed by atoms with Crippen LogP contribution in [0.15, 0.2) is 18.7 Å². The summed E-state index contributed by atoms with van der Waals surface area (Å²) < 4.78 is 0. The van der Waals surface area contributed by atoms with Gasteiger partial charge >= 0.3 is 0 Å². The van der Waals surface area contributed by atoms with E-state index in [0.717, 1.165) is 17.6 Å². The van der Waals surface area contributed by atoms with Gasteiger partial charge in [-0.2, -0.15) is 0 Å². The summed E-state index contributed by atoms with van der Waals surface area (Å²) in [7, 11) is 0. The normalized spacial score (nSPS) is 12.1. The lowest BCUT2D eigenvalue weighted by Crippen LogP contribution is -2.24. The van der Waals surface area contributed by atoms with Gasteiger partial charge < -0.3 is 0 Å². The predicted molar refractivity (Wildman–Crippen MR) is 135 cm³/mol. The van der Waals surface area contributed by atoms with Crippen LogP contribution in [0.3, 0.4) is 0 Å². The molecule has 0 heterocycles. The SMILES string of the molecule is C=Cc1c(C)c(=C)c(CCCCCC(C)CCCCCCCC(=C)C)c(C)c1=C. The predicted octanol–water partition coefficient (Wildman–Crippen LogP) is 7.81. The van der Waals surface area contributed by atoms with Crippen molar-refractivity contribution >= 4 is 19.2 Å². The van der Waals surface area contributed by atoms with Gasteiger partial charge in [-0.1, -0.05) is 89.7 Å². The molecule has 0 spiro atoms. The Morgan fingerprint density at radius 1 is 0.828 bits per heavy atom. The quantitative estimate of drug-likeness (QED) is 0.210. The van der Waals surface area contributed by atoms with Crippen LogP contribution < -0.4 is 10.4 Å². The van der Waals surface area contributed by atoms with Crippen LogP contribution in [0, 0.1) is 19.8 Å². The third-order valence-corrected chi connectivity index (χ3v) is 6.58. The van der Waals surface area contributed by atoms with Gasteiger partial charge in [-0.15, -0.1) is 6.58 Å². The summed E-state index contributed by atoms with van der Waals surface area (Å²) in [6.45, 7) is 25.5. The standard InChI is InChI=1S/C29H46/c1-9-28-24(5)26(7)29(27(8)25(28)6)21-17-13-16-20-23(4)19-15-12-10-11-14-18-22(2)3/h9,23H,1-2,5,8,10-21H2,3-4,6-7H3. The lowest BCUT2D eigenvalue weighted by molar-refractivity contribution is 0.435.